The molecule has 0 aromatic carbocycles. The van der Waals surface area contributed by atoms with Gasteiger partial charge in [-0.05, 0) is 38.6 Å². The van der Waals surface area contributed by atoms with Crippen molar-refractivity contribution in [3.8, 4) is 0 Å². The summed E-state index contributed by atoms with van der Waals surface area (Å²) in [7, 11) is 2.08. The molecule has 1 saturated heterocycles. The van der Waals surface area contributed by atoms with Crippen molar-refractivity contribution in [2.75, 3.05) is 13.6 Å². The average Bonchev–Trinajstić information content (AvgIpc) is 2.93. The lowest BCUT2D eigenvalue weighted by Gasteiger charge is -2.18. The molecule has 1 aliphatic heterocycles. The third-order valence-corrected chi connectivity index (χ3v) is 3.65. The van der Waals surface area contributed by atoms with Gasteiger partial charge in [-0.2, -0.15) is 0 Å². The zero-order valence-electron chi connectivity index (χ0n) is 10.2. The maximum atomic E-state index is 11.2. The maximum Gasteiger partial charge on any atom is 0.337 e. The summed E-state index contributed by atoms with van der Waals surface area (Å²) in [6, 6.07) is 3.66. The molecule has 2 aromatic heterocycles. The van der Waals surface area contributed by atoms with Gasteiger partial charge in [0.25, 0.3) is 0 Å². The first kappa shape index (κ1) is 11.2. The predicted octanol–water partition coefficient (Wildman–Crippen LogP) is 1.80. The minimum Gasteiger partial charge on any atom is -0.478 e. The Morgan fingerprint density at radius 3 is 3.06 bits per heavy atom. The standard InChI is InChI=1S/C13H15N3O2/c1-15-6-3-5-10(15)12-14-8-11-9(13(17)18)4-2-7-16(11)12/h2,4,7-8,10H,3,5-6H2,1H3,(H,17,18). The summed E-state index contributed by atoms with van der Waals surface area (Å²) >= 11 is 0. The Hall–Kier alpha value is -1.88. The molecule has 0 amide bonds. The number of aromatic nitrogens is 2. The summed E-state index contributed by atoms with van der Waals surface area (Å²) in [6.45, 7) is 1.07. The number of likely N-dealkylation sites (tertiary alicyclic amines) is 1. The van der Waals surface area contributed by atoms with E-state index in [1.165, 1.54) is 0 Å². The number of carboxylic acid groups (broad SMARTS) is 1. The number of rotatable bonds is 2. The highest BCUT2D eigenvalue weighted by Gasteiger charge is 2.26. The third-order valence-electron chi connectivity index (χ3n) is 3.65. The lowest BCUT2D eigenvalue weighted by atomic mass is 10.2. The Balaban J connectivity index is 2.15. The normalized spacial score (nSPS) is 20.6. The maximum absolute atomic E-state index is 11.2. The van der Waals surface area contributed by atoms with E-state index in [1.54, 1.807) is 18.3 Å². The minimum absolute atomic E-state index is 0.288. The molecule has 1 fully saturated rings. The van der Waals surface area contributed by atoms with Crippen LogP contribution in [0.15, 0.2) is 24.5 Å². The molecule has 5 heteroatoms. The number of hydrogen-bond acceptors (Lipinski definition) is 3. The van der Waals surface area contributed by atoms with Crippen LogP contribution in [0.5, 0.6) is 0 Å². The Morgan fingerprint density at radius 1 is 1.56 bits per heavy atom. The summed E-state index contributed by atoms with van der Waals surface area (Å²) in [5, 5.41) is 9.16. The molecule has 1 N–H and O–H groups in total. The Morgan fingerprint density at radius 2 is 2.39 bits per heavy atom. The lowest BCUT2D eigenvalue weighted by molar-refractivity contribution is 0.0698. The number of imidazole rings is 1. The quantitative estimate of drug-likeness (QED) is 0.876. The van der Waals surface area contributed by atoms with E-state index in [-0.39, 0.29) is 6.04 Å². The first-order valence-corrected chi connectivity index (χ1v) is 6.08. The molecule has 0 aliphatic carbocycles. The molecule has 5 nitrogen and oxygen atoms in total. The number of hydrogen-bond donors (Lipinski definition) is 1. The SMILES string of the molecule is CN1CCCC1c1ncc2c(C(=O)O)cccn12. The van der Waals surface area contributed by atoms with Gasteiger partial charge in [0.05, 0.1) is 23.3 Å². The molecular formula is C13H15N3O2. The summed E-state index contributed by atoms with van der Waals surface area (Å²) in [6.07, 6.45) is 5.78. The zero-order valence-corrected chi connectivity index (χ0v) is 10.2. The third kappa shape index (κ3) is 1.59. The van der Waals surface area contributed by atoms with Crippen LogP contribution in [0.1, 0.15) is 35.1 Å². The van der Waals surface area contributed by atoms with Crippen LogP contribution in [0, 0.1) is 0 Å². The van der Waals surface area contributed by atoms with Crippen LogP contribution < -0.4 is 0 Å². The van der Waals surface area contributed by atoms with Gasteiger partial charge in [-0.25, -0.2) is 9.78 Å². The Labute approximate surface area is 105 Å². The molecular weight excluding hydrogens is 230 g/mol. The first-order chi connectivity index (χ1) is 8.68. The number of aromatic carboxylic acids is 1. The van der Waals surface area contributed by atoms with Crippen LogP contribution in [0.2, 0.25) is 0 Å². The van der Waals surface area contributed by atoms with Gasteiger partial charge in [0, 0.05) is 6.20 Å². The summed E-state index contributed by atoms with van der Waals surface area (Å²) < 4.78 is 1.90. The van der Waals surface area contributed by atoms with Crippen molar-refractivity contribution in [3.63, 3.8) is 0 Å². The second-order valence-corrected chi connectivity index (χ2v) is 4.74. The number of pyridine rings is 1. The van der Waals surface area contributed by atoms with Crippen molar-refractivity contribution < 1.29 is 9.90 Å². The van der Waals surface area contributed by atoms with Gasteiger partial charge < -0.3 is 9.51 Å². The fourth-order valence-corrected chi connectivity index (χ4v) is 2.71. The van der Waals surface area contributed by atoms with E-state index in [1.807, 2.05) is 10.6 Å². The average molecular weight is 245 g/mol. The second kappa shape index (κ2) is 4.10. The van der Waals surface area contributed by atoms with Crippen LogP contribution >= 0.6 is 0 Å². The summed E-state index contributed by atoms with van der Waals surface area (Å²) in [5.74, 6) is 0.0277. The largest absolute Gasteiger partial charge is 0.478 e. The van der Waals surface area contributed by atoms with E-state index in [9.17, 15) is 4.79 Å². The number of carbonyl (C=O) groups is 1. The van der Waals surface area contributed by atoms with Gasteiger partial charge in [-0.1, -0.05) is 0 Å². The van der Waals surface area contributed by atoms with Crippen LogP contribution in [0.3, 0.4) is 0 Å². The van der Waals surface area contributed by atoms with Gasteiger partial charge in [0.1, 0.15) is 5.82 Å². The Bertz CT molecular complexity index is 605. The molecule has 94 valence electrons. The van der Waals surface area contributed by atoms with Crippen molar-refractivity contribution in [1.82, 2.24) is 14.3 Å². The van der Waals surface area contributed by atoms with E-state index < -0.39 is 5.97 Å². The summed E-state index contributed by atoms with van der Waals surface area (Å²) in [4.78, 5) is 17.9. The highest BCUT2D eigenvalue weighted by atomic mass is 16.4. The molecule has 1 aliphatic rings. The molecule has 0 saturated carbocycles. The topological polar surface area (TPSA) is 57.8 Å². The fourth-order valence-electron chi connectivity index (χ4n) is 2.71. The van der Waals surface area contributed by atoms with Crippen molar-refractivity contribution in [1.29, 1.82) is 0 Å². The number of nitrogens with zero attached hydrogens (tertiary/aromatic N) is 3. The molecule has 3 heterocycles. The zero-order chi connectivity index (χ0) is 12.7. The number of carboxylic acids is 1. The van der Waals surface area contributed by atoms with E-state index in [0.717, 1.165) is 25.2 Å². The molecule has 0 bridgehead atoms. The lowest BCUT2D eigenvalue weighted by Crippen LogP contribution is -2.19. The molecule has 3 rings (SSSR count). The van der Waals surface area contributed by atoms with Crippen molar-refractivity contribution in [2.45, 2.75) is 18.9 Å². The smallest absolute Gasteiger partial charge is 0.337 e. The molecule has 1 unspecified atom stereocenters. The molecule has 18 heavy (non-hydrogen) atoms. The van der Waals surface area contributed by atoms with Gasteiger partial charge in [0.15, 0.2) is 0 Å². The van der Waals surface area contributed by atoms with Gasteiger partial charge in [0.2, 0.25) is 0 Å². The van der Waals surface area contributed by atoms with Gasteiger partial charge in [-0.15, -0.1) is 0 Å². The van der Waals surface area contributed by atoms with Crippen LogP contribution in [-0.4, -0.2) is 39.0 Å². The van der Waals surface area contributed by atoms with Crippen molar-refractivity contribution in [2.24, 2.45) is 0 Å². The predicted molar refractivity (Wildman–Crippen MR) is 66.8 cm³/mol. The van der Waals surface area contributed by atoms with Crippen molar-refractivity contribution in [3.05, 3.63) is 35.9 Å². The molecule has 0 spiro atoms. The van der Waals surface area contributed by atoms with Gasteiger partial charge >= 0.3 is 5.97 Å². The van der Waals surface area contributed by atoms with Crippen LogP contribution in [0.4, 0.5) is 0 Å². The van der Waals surface area contributed by atoms with Crippen LogP contribution in [-0.2, 0) is 0 Å². The van der Waals surface area contributed by atoms with E-state index >= 15 is 0 Å². The van der Waals surface area contributed by atoms with Crippen LogP contribution in [0.25, 0.3) is 5.52 Å². The first-order valence-electron chi connectivity index (χ1n) is 6.08. The summed E-state index contributed by atoms with van der Waals surface area (Å²) in [5.41, 5.74) is 0.970. The molecule has 1 atom stereocenters. The number of fused-ring (bicyclic) bond motifs is 1. The fraction of sp³-hybridized carbons (Fsp3) is 0.385. The monoisotopic (exact) mass is 245 g/mol. The van der Waals surface area contributed by atoms with E-state index in [2.05, 4.69) is 16.9 Å². The highest BCUT2D eigenvalue weighted by molar-refractivity contribution is 5.95. The second-order valence-electron chi connectivity index (χ2n) is 4.74. The van der Waals surface area contributed by atoms with Crippen molar-refractivity contribution >= 4 is 11.5 Å². The Kier molecular flexibility index (Phi) is 2.56. The highest BCUT2D eigenvalue weighted by Crippen LogP contribution is 2.30. The molecule has 0 radical (unpaired) electrons. The minimum atomic E-state index is -0.910. The van der Waals surface area contributed by atoms with Gasteiger partial charge in [-0.3, -0.25) is 4.90 Å². The van der Waals surface area contributed by atoms with E-state index in [4.69, 9.17) is 5.11 Å². The van der Waals surface area contributed by atoms with E-state index in [0.29, 0.717) is 11.1 Å². The molecule has 2 aromatic rings.